The zero-order valence-electron chi connectivity index (χ0n) is 14.1. The van der Waals surface area contributed by atoms with Gasteiger partial charge in [0.1, 0.15) is 5.82 Å². The lowest BCUT2D eigenvalue weighted by Gasteiger charge is -2.48. The summed E-state index contributed by atoms with van der Waals surface area (Å²) in [6, 6.07) is 4.18. The van der Waals surface area contributed by atoms with Gasteiger partial charge in [0, 0.05) is 31.4 Å². The highest BCUT2D eigenvalue weighted by molar-refractivity contribution is 5.48. The van der Waals surface area contributed by atoms with E-state index in [0.29, 0.717) is 0 Å². The Balaban J connectivity index is 2.20. The van der Waals surface area contributed by atoms with Crippen LogP contribution in [0.15, 0.2) is 18.3 Å². The van der Waals surface area contributed by atoms with Crippen molar-refractivity contribution in [3.63, 3.8) is 0 Å². The van der Waals surface area contributed by atoms with Crippen LogP contribution in [0.5, 0.6) is 0 Å². The summed E-state index contributed by atoms with van der Waals surface area (Å²) < 4.78 is 6.17. The van der Waals surface area contributed by atoms with Gasteiger partial charge in [-0.15, -0.1) is 0 Å². The topological polar surface area (TPSA) is 37.4 Å². The predicted octanol–water partition coefficient (Wildman–Crippen LogP) is 2.98. The molecule has 1 saturated heterocycles. The van der Waals surface area contributed by atoms with Gasteiger partial charge in [-0.1, -0.05) is 13.0 Å². The number of nitrogens with zero attached hydrogens (tertiary/aromatic N) is 2. The molecular weight excluding hydrogens is 262 g/mol. The van der Waals surface area contributed by atoms with Crippen molar-refractivity contribution in [1.82, 2.24) is 10.3 Å². The van der Waals surface area contributed by atoms with Crippen LogP contribution in [0.3, 0.4) is 0 Å². The molecule has 0 unspecified atom stereocenters. The Hall–Kier alpha value is -1.13. The van der Waals surface area contributed by atoms with Crippen molar-refractivity contribution >= 4 is 5.82 Å². The molecule has 0 saturated carbocycles. The first-order valence-corrected chi connectivity index (χ1v) is 7.93. The van der Waals surface area contributed by atoms with Crippen LogP contribution >= 0.6 is 0 Å². The third-order valence-electron chi connectivity index (χ3n) is 3.61. The molecule has 1 aliphatic heterocycles. The highest BCUT2D eigenvalue weighted by atomic mass is 16.5. The van der Waals surface area contributed by atoms with Crippen LogP contribution in [-0.4, -0.2) is 35.8 Å². The highest BCUT2D eigenvalue weighted by Crippen LogP contribution is 2.31. The summed E-state index contributed by atoms with van der Waals surface area (Å²) in [5, 5.41) is 3.47. The number of rotatable bonds is 5. The summed E-state index contributed by atoms with van der Waals surface area (Å²) in [6.07, 6.45) is 3.03. The fraction of sp³-hybridized carbons (Fsp3) is 0.706. The zero-order valence-corrected chi connectivity index (χ0v) is 14.1. The first-order chi connectivity index (χ1) is 9.83. The molecule has 1 aliphatic rings. The maximum absolute atomic E-state index is 6.17. The molecule has 0 aliphatic carbocycles. The largest absolute Gasteiger partial charge is 0.366 e. The predicted molar refractivity (Wildman–Crippen MR) is 87.7 cm³/mol. The molecule has 0 radical (unpaired) electrons. The van der Waals surface area contributed by atoms with E-state index in [-0.39, 0.29) is 11.2 Å². The van der Waals surface area contributed by atoms with E-state index in [1.807, 2.05) is 12.3 Å². The van der Waals surface area contributed by atoms with Gasteiger partial charge in [-0.25, -0.2) is 4.98 Å². The molecule has 0 aromatic carbocycles. The lowest BCUT2D eigenvalue weighted by molar-refractivity contribution is -0.133. The van der Waals surface area contributed by atoms with Crippen molar-refractivity contribution in [3.05, 3.63) is 23.9 Å². The Morgan fingerprint density at radius 2 is 1.90 bits per heavy atom. The number of hydrogen-bond acceptors (Lipinski definition) is 4. The van der Waals surface area contributed by atoms with E-state index in [1.165, 1.54) is 5.56 Å². The molecule has 1 N–H and O–H groups in total. The molecule has 4 nitrogen and oxygen atoms in total. The smallest absolute Gasteiger partial charge is 0.133 e. The molecule has 0 amide bonds. The number of ether oxygens (including phenoxy) is 1. The van der Waals surface area contributed by atoms with Gasteiger partial charge in [-0.3, -0.25) is 0 Å². The van der Waals surface area contributed by atoms with Crippen LogP contribution in [0, 0.1) is 0 Å². The van der Waals surface area contributed by atoms with Crippen molar-refractivity contribution in [3.8, 4) is 0 Å². The van der Waals surface area contributed by atoms with Gasteiger partial charge in [0.05, 0.1) is 11.2 Å². The Morgan fingerprint density at radius 1 is 1.24 bits per heavy atom. The first-order valence-electron chi connectivity index (χ1n) is 7.93. The second kappa shape index (κ2) is 6.32. The van der Waals surface area contributed by atoms with Gasteiger partial charge in [0.2, 0.25) is 0 Å². The normalized spacial score (nSPS) is 20.5. The lowest BCUT2D eigenvalue weighted by Crippen LogP contribution is -2.57. The summed E-state index contributed by atoms with van der Waals surface area (Å²) in [5.74, 6) is 1.09. The van der Waals surface area contributed by atoms with Gasteiger partial charge in [-0.05, 0) is 46.7 Å². The average molecular weight is 291 g/mol. The quantitative estimate of drug-likeness (QED) is 0.846. The monoisotopic (exact) mass is 291 g/mol. The minimum absolute atomic E-state index is 0.159. The summed E-state index contributed by atoms with van der Waals surface area (Å²) in [5.41, 5.74) is 0.945. The Labute approximate surface area is 128 Å². The Morgan fingerprint density at radius 3 is 2.52 bits per heavy atom. The number of morpholine rings is 1. The number of anilines is 1. The number of nitrogens with one attached hydrogen (secondary N) is 1. The molecule has 0 spiro atoms. The van der Waals surface area contributed by atoms with E-state index in [0.717, 1.165) is 38.4 Å². The lowest BCUT2D eigenvalue weighted by atomic mass is 9.98. The minimum Gasteiger partial charge on any atom is -0.366 e. The number of aromatic nitrogens is 1. The average Bonchev–Trinajstić information content (AvgIpc) is 2.36. The third-order valence-corrected chi connectivity index (χ3v) is 3.61. The summed E-state index contributed by atoms with van der Waals surface area (Å²) in [7, 11) is 0. The van der Waals surface area contributed by atoms with E-state index < -0.39 is 0 Å². The highest BCUT2D eigenvalue weighted by Gasteiger charge is 2.39. The van der Waals surface area contributed by atoms with Crippen LogP contribution < -0.4 is 10.2 Å². The van der Waals surface area contributed by atoms with Gasteiger partial charge < -0.3 is 15.0 Å². The van der Waals surface area contributed by atoms with E-state index >= 15 is 0 Å². The molecule has 2 rings (SSSR count). The molecule has 21 heavy (non-hydrogen) atoms. The van der Waals surface area contributed by atoms with Crippen molar-refractivity contribution in [1.29, 1.82) is 0 Å². The summed E-state index contributed by atoms with van der Waals surface area (Å²) >= 11 is 0. The second-order valence-electron chi connectivity index (χ2n) is 7.14. The minimum atomic E-state index is -0.159. The number of pyridine rings is 1. The van der Waals surface area contributed by atoms with Crippen molar-refractivity contribution < 1.29 is 4.74 Å². The van der Waals surface area contributed by atoms with Crippen LogP contribution in [0.1, 0.15) is 46.6 Å². The fourth-order valence-electron chi connectivity index (χ4n) is 3.19. The molecular formula is C17H29N3O. The molecule has 0 atom stereocenters. The number of hydrogen-bond donors (Lipinski definition) is 1. The Bertz CT molecular complexity index is 455. The van der Waals surface area contributed by atoms with Crippen LogP contribution in [0.25, 0.3) is 0 Å². The van der Waals surface area contributed by atoms with Crippen molar-refractivity contribution in [2.75, 3.05) is 24.5 Å². The Kier molecular flexibility index (Phi) is 4.89. The van der Waals surface area contributed by atoms with Gasteiger partial charge in [0.25, 0.3) is 0 Å². The van der Waals surface area contributed by atoms with Crippen molar-refractivity contribution in [2.24, 2.45) is 0 Å². The molecule has 0 bridgehead atoms. The molecule has 4 heteroatoms. The van der Waals surface area contributed by atoms with Gasteiger partial charge in [-0.2, -0.15) is 0 Å². The summed E-state index contributed by atoms with van der Waals surface area (Å²) in [6.45, 7) is 14.4. The van der Waals surface area contributed by atoms with Crippen LogP contribution in [-0.2, 0) is 11.3 Å². The van der Waals surface area contributed by atoms with Crippen LogP contribution in [0.2, 0.25) is 0 Å². The second-order valence-corrected chi connectivity index (χ2v) is 7.14. The third kappa shape index (κ3) is 4.42. The zero-order chi connectivity index (χ0) is 15.5. The van der Waals surface area contributed by atoms with E-state index in [1.54, 1.807) is 0 Å². The van der Waals surface area contributed by atoms with E-state index in [4.69, 9.17) is 4.74 Å². The first kappa shape index (κ1) is 16.2. The van der Waals surface area contributed by atoms with E-state index in [2.05, 4.69) is 55.9 Å². The van der Waals surface area contributed by atoms with Crippen molar-refractivity contribution in [2.45, 2.75) is 58.8 Å². The van der Waals surface area contributed by atoms with Gasteiger partial charge >= 0.3 is 0 Å². The van der Waals surface area contributed by atoms with Gasteiger partial charge in [0.15, 0.2) is 0 Å². The molecule has 1 fully saturated rings. The fourth-order valence-corrected chi connectivity index (χ4v) is 3.19. The van der Waals surface area contributed by atoms with E-state index in [9.17, 15) is 0 Å². The molecule has 118 valence electrons. The molecule has 2 heterocycles. The SMILES string of the molecule is CCCNCc1cccnc1N1CC(C)(C)OC(C)(C)C1. The van der Waals surface area contributed by atoms with Crippen LogP contribution in [0.4, 0.5) is 5.82 Å². The standard InChI is InChI=1S/C17H29N3O/c1-6-9-18-11-14-8-7-10-19-15(14)20-12-16(2,3)21-17(4,5)13-20/h7-8,10,18H,6,9,11-13H2,1-5H3. The summed E-state index contributed by atoms with van der Waals surface area (Å²) in [4.78, 5) is 7.01. The maximum Gasteiger partial charge on any atom is 0.133 e. The molecule has 1 aromatic rings. The maximum atomic E-state index is 6.17. The molecule has 1 aromatic heterocycles.